The van der Waals surface area contributed by atoms with E-state index in [2.05, 4.69) is 26.1 Å². The summed E-state index contributed by atoms with van der Waals surface area (Å²) in [5.41, 5.74) is 0. The zero-order valence-corrected chi connectivity index (χ0v) is 11.7. The highest BCUT2D eigenvalue weighted by Crippen LogP contribution is 2.07. The van der Waals surface area contributed by atoms with E-state index >= 15 is 0 Å². The van der Waals surface area contributed by atoms with Gasteiger partial charge in [-0.25, -0.2) is 0 Å². The van der Waals surface area contributed by atoms with Gasteiger partial charge >= 0.3 is 0 Å². The lowest BCUT2D eigenvalue weighted by Crippen LogP contribution is -2.49. The van der Waals surface area contributed by atoms with Crippen molar-refractivity contribution in [3.8, 4) is 0 Å². The Balaban J connectivity index is 4.32. The standard InChI is InChI=1S/C13H28N2O/c1-7-12(10(4)5)14-11(6)13(16)15(8-2)9-3/h10-12,14H,7-9H2,1-6H3. The van der Waals surface area contributed by atoms with Crippen LogP contribution in [0.2, 0.25) is 0 Å². The van der Waals surface area contributed by atoms with Crippen LogP contribution in [0.3, 0.4) is 0 Å². The van der Waals surface area contributed by atoms with E-state index in [9.17, 15) is 4.79 Å². The molecular weight excluding hydrogens is 200 g/mol. The zero-order chi connectivity index (χ0) is 12.7. The first-order chi connectivity index (χ1) is 7.47. The monoisotopic (exact) mass is 228 g/mol. The summed E-state index contributed by atoms with van der Waals surface area (Å²) in [6, 6.07) is 0.349. The number of amides is 1. The molecule has 0 saturated heterocycles. The van der Waals surface area contributed by atoms with Crippen molar-refractivity contribution in [3.05, 3.63) is 0 Å². The van der Waals surface area contributed by atoms with E-state index in [1.54, 1.807) is 0 Å². The molecule has 0 aromatic rings. The summed E-state index contributed by atoms with van der Waals surface area (Å²) in [5, 5.41) is 3.42. The minimum absolute atomic E-state index is 0.0766. The van der Waals surface area contributed by atoms with E-state index in [1.807, 2.05) is 25.7 Å². The highest BCUT2D eigenvalue weighted by Gasteiger charge is 2.21. The molecule has 1 amide bonds. The third-order valence-electron chi connectivity index (χ3n) is 3.15. The van der Waals surface area contributed by atoms with E-state index in [0.717, 1.165) is 19.5 Å². The molecule has 0 fully saturated rings. The van der Waals surface area contributed by atoms with Gasteiger partial charge in [0.2, 0.25) is 5.91 Å². The van der Waals surface area contributed by atoms with E-state index in [0.29, 0.717) is 12.0 Å². The molecule has 0 aromatic heterocycles. The van der Waals surface area contributed by atoms with Gasteiger partial charge in [-0.2, -0.15) is 0 Å². The summed E-state index contributed by atoms with van der Waals surface area (Å²) < 4.78 is 0. The summed E-state index contributed by atoms with van der Waals surface area (Å²) in [5.74, 6) is 0.779. The third-order valence-corrected chi connectivity index (χ3v) is 3.15. The van der Waals surface area contributed by atoms with Crippen LogP contribution in [0.15, 0.2) is 0 Å². The Morgan fingerprint density at radius 3 is 1.94 bits per heavy atom. The number of hydrogen-bond acceptors (Lipinski definition) is 2. The molecule has 0 aliphatic heterocycles. The fraction of sp³-hybridized carbons (Fsp3) is 0.923. The van der Waals surface area contributed by atoms with Gasteiger partial charge in [0.25, 0.3) is 0 Å². The van der Waals surface area contributed by atoms with Crippen LogP contribution >= 0.6 is 0 Å². The van der Waals surface area contributed by atoms with Gasteiger partial charge in [0.05, 0.1) is 6.04 Å². The van der Waals surface area contributed by atoms with Crippen molar-refractivity contribution in [2.24, 2.45) is 5.92 Å². The summed E-state index contributed by atoms with van der Waals surface area (Å²) in [4.78, 5) is 13.9. The van der Waals surface area contributed by atoms with Crippen molar-refractivity contribution >= 4 is 5.91 Å². The normalized spacial score (nSPS) is 14.9. The average Bonchev–Trinajstić information content (AvgIpc) is 2.26. The van der Waals surface area contributed by atoms with Gasteiger partial charge in [0.15, 0.2) is 0 Å². The van der Waals surface area contributed by atoms with Crippen LogP contribution < -0.4 is 5.32 Å². The van der Waals surface area contributed by atoms with Gasteiger partial charge in [-0.05, 0) is 33.1 Å². The van der Waals surface area contributed by atoms with E-state index in [4.69, 9.17) is 0 Å². The molecular formula is C13H28N2O. The fourth-order valence-electron chi connectivity index (χ4n) is 1.98. The Bertz CT molecular complexity index is 200. The lowest BCUT2D eigenvalue weighted by molar-refractivity contribution is -0.132. The van der Waals surface area contributed by atoms with Crippen LogP contribution in [0.25, 0.3) is 0 Å². The van der Waals surface area contributed by atoms with Crippen molar-refractivity contribution in [2.45, 2.75) is 60.0 Å². The van der Waals surface area contributed by atoms with Gasteiger partial charge in [-0.1, -0.05) is 20.8 Å². The Morgan fingerprint density at radius 2 is 1.62 bits per heavy atom. The summed E-state index contributed by atoms with van der Waals surface area (Å²) >= 11 is 0. The second-order valence-corrected chi connectivity index (χ2v) is 4.66. The van der Waals surface area contributed by atoms with Crippen molar-refractivity contribution in [1.82, 2.24) is 10.2 Å². The van der Waals surface area contributed by atoms with Gasteiger partial charge < -0.3 is 10.2 Å². The van der Waals surface area contributed by atoms with Gasteiger partial charge in [0.1, 0.15) is 0 Å². The first kappa shape index (κ1) is 15.4. The van der Waals surface area contributed by atoms with Gasteiger partial charge in [-0.3, -0.25) is 4.79 Å². The topological polar surface area (TPSA) is 32.3 Å². The molecule has 2 atom stereocenters. The maximum absolute atomic E-state index is 12.0. The van der Waals surface area contributed by atoms with Crippen molar-refractivity contribution in [3.63, 3.8) is 0 Å². The first-order valence-electron chi connectivity index (χ1n) is 6.52. The Labute approximate surface area is 101 Å². The quantitative estimate of drug-likeness (QED) is 0.725. The minimum Gasteiger partial charge on any atom is -0.342 e. The van der Waals surface area contributed by atoms with Crippen LogP contribution in [0.1, 0.15) is 48.0 Å². The van der Waals surface area contributed by atoms with Gasteiger partial charge in [0, 0.05) is 19.1 Å². The molecule has 2 unspecified atom stereocenters. The molecule has 3 nitrogen and oxygen atoms in total. The lowest BCUT2D eigenvalue weighted by Gasteiger charge is -2.28. The third kappa shape index (κ3) is 4.52. The number of carbonyl (C=O) groups excluding carboxylic acids is 1. The second kappa shape index (κ2) is 7.66. The van der Waals surface area contributed by atoms with E-state index in [-0.39, 0.29) is 11.9 Å². The highest BCUT2D eigenvalue weighted by molar-refractivity contribution is 5.81. The molecule has 0 spiro atoms. The maximum Gasteiger partial charge on any atom is 0.239 e. The van der Waals surface area contributed by atoms with Gasteiger partial charge in [-0.15, -0.1) is 0 Å². The minimum atomic E-state index is -0.0766. The molecule has 3 heteroatoms. The van der Waals surface area contributed by atoms with Crippen LogP contribution in [0, 0.1) is 5.92 Å². The molecule has 0 bridgehead atoms. The Kier molecular flexibility index (Phi) is 7.39. The molecule has 0 aliphatic rings. The van der Waals surface area contributed by atoms with Crippen LogP contribution in [0.5, 0.6) is 0 Å². The molecule has 96 valence electrons. The number of hydrogen-bond donors (Lipinski definition) is 1. The van der Waals surface area contributed by atoms with Crippen LogP contribution in [-0.4, -0.2) is 36.0 Å². The predicted molar refractivity (Wildman–Crippen MR) is 69.4 cm³/mol. The SMILES string of the molecule is CCC(NC(C)C(=O)N(CC)CC)C(C)C. The van der Waals surface area contributed by atoms with Crippen molar-refractivity contribution in [1.29, 1.82) is 0 Å². The Morgan fingerprint density at radius 1 is 1.12 bits per heavy atom. The molecule has 0 radical (unpaired) electrons. The summed E-state index contributed by atoms with van der Waals surface area (Å²) in [6.45, 7) is 14.1. The first-order valence-corrected chi connectivity index (χ1v) is 6.52. The maximum atomic E-state index is 12.0. The average molecular weight is 228 g/mol. The van der Waals surface area contributed by atoms with E-state index < -0.39 is 0 Å². The fourth-order valence-corrected chi connectivity index (χ4v) is 1.98. The number of nitrogens with one attached hydrogen (secondary N) is 1. The molecule has 0 rings (SSSR count). The van der Waals surface area contributed by atoms with E-state index in [1.165, 1.54) is 0 Å². The number of nitrogens with zero attached hydrogens (tertiary/aromatic N) is 1. The van der Waals surface area contributed by atoms with Crippen LogP contribution in [-0.2, 0) is 4.79 Å². The molecule has 0 aromatic carbocycles. The summed E-state index contributed by atoms with van der Waals surface area (Å²) in [7, 11) is 0. The van der Waals surface area contributed by atoms with Crippen molar-refractivity contribution < 1.29 is 4.79 Å². The highest BCUT2D eigenvalue weighted by atomic mass is 16.2. The summed E-state index contributed by atoms with van der Waals surface area (Å²) in [6.07, 6.45) is 1.06. The number of likely N-dealkylation sites (N-methyl/N-ethyl adjacent to an activating group) is 1. The molecule has 0 saturated carbocycles. The number of rotatable bonds is 7. The largest absolute Gasteiger partial charge is 0.342 e. The zero-order valence-electron chi connectivity index (χ0n) is 11.7. The lowest BCUT2D eigenvalue weighted by atomic mass is 10.0. The molecule has 16 heavy (non-hydrogen) atoms. The van der Waals surface area contributed by atoms with Crippen molar-refractivity contribution in [2.75, 3.05) is 13.1 Å². The second-order valence-electron chi connectivity index (χ2n) is 4.66. The Hall–Kier alpha value is -0.570. The smallest absolute Gasteiger partial charge is 0.239 e. The molecule has 1 N–H and O–H groups in total. The number of carbonyl (C=O) groups is 1. The predicted octanol–water partition coefficient (Wildman–Crippen LogP) is 2.27. The molecule has 0 heterocycles. The van der Waals surface area contributed by atoms with Crippen LogP contribution in [0.4, 0.5) is 0 Å². The molecule has 0 aliphatic carbocycles.